The van der Waals surface area contributed by atoms with Crippen LogP contribution in [0.3, 0.4) is 0 Å². The first-order valence-corrected chi connectivity index (χ1v) is 3.89. The van der Waals surface area contributed by atoms with Crippen LogP contribution >= 0.6 is 0 Å². The molecule has 0 saturated carbocycles. The fraction of sp³-hybridized carbons (Fsp3) is 0.333. The third kappa shape index (κ3) is 1.73. The third-order valence-corrected chi connectivity index (χ3v) is 1.50. The molecular weight excluding hydrogens is 150 g/mol. The van der Waals surface area contributed by atoms with Crippen molar-refractivity contribution in [1.29, 1.82) is 5.26 Å². The van der Waals surface area contributed by atoms with Crippen LogP contribution in [0.4, 0.5) is 5.82 Å². The zero-order chi connectivity index (χ0) is 8.97. The van der Waals surface area contributed by atoms with E-state index in [-0.39, 0.29) is 0 Å². The summed E-state index contributed by atoms with van der Waals surface area (Å²) >= 11 is 0. The van der Waals surface area contributed by atoms with Crippen LogP contribution in [0.15, 0.2) is 12.1 Å². The molecule has 1 aromatic rings. The van der Waals surface area contributed by atoms with E-state index < -0.39 is 0 Å². The molecule has 0 amide bonds. The van der Waals surface area contributed by atoms with Crippen molar-refractivity contribution in [1.82, 2.24) is 4.98 Å². The van der Waals surface area contributed by atoms with E-state index in [9.17, 15) is 0 Å². The van der Waals surface area contributed by atoms with Crippen LogP contribution in [0.2, 0.25) is 0 Å². The number of nitrogens with zero attached hydrogens (tertiary/aromatic N) is 2. The molecule has 0 aliphatic heterocycles. The molecule has 3 nitrogen and oxygen atoms in total. The first kappa shape index (κ1) is 8.54. The van der Waals surface area contributed by atoms with Crippen molar-refractivity contribution in [3.8, 4) is 6.07 Å². The van der Waals surface area contributed by atoms with Gasteiger partial charge in [-0.1, -0.05) is 0 Å². The monoisotopic (exact) mass is 161 g/mol. The molecular formula is C9H11N3. The fourth-order valence-corrected chi connectivity index (χ4v) is 0.949. The Morgan fingerprint density at radius 3 is 2.92 bits per heavy atom. The Kier molecular flexibility index (Phi) is 2.65. The second-order valence-corrected chi connectivity index (χ2v) is 2.49. The molecule has 0 atom stereocenters. The van der Waals surface area contributed by atoms with Gasteiger partial charge in [0.2, 0.25) is 0 Å². The molecule has 1 rings (SSSR count). The molecule has 0 bridgehead atoms. The lowest BCUT2D eigenvalue weighted by atomic mass is 10.2. The zero-order valence-corrected chi connectivity index (χ0v) is 7.26. The van der Waals surface area contributed by atoms with E-state index in [1.807, 2.05) is 19.9 Å². The van der Waals surface area contributed by atoms with E-state index in [2.05, 4.69) is 16.4 Å². The van der Waals surface area contributed by atoms with Gasteiger partial charge in [0.05, 0.1) is 5.56 Å². The van der Waals surface area contributed by atoms with Gasteiger partial charge in [-0.3, -0.25) is 0 Å². The summed E-state index contributed by atoms with van der Waals surface area (Å²) in [5.41, 5.74) is 1.52. The van der Waals surface area contributed by atoms with Gasteiger partial charge in [-0.2, -0.15) is 5.26 Å². The first-order valence-electron chi connectivity index (χ1n) is 3.89. The molecule has 1 aromatic heterocycles. The third-order valence-electron chi connectivity index (χ3n) is 1.50. The number of nitriles is 1. The molecule has 0 aromatic carbocycles. The molecule has 1 heterocycles. The maximum absolute atomic E-state index is 8.71. The maximum atomic E-state index is 8.71. The molecule has 12 heavy (non-hydrogen) atoms. The highest BCUT2D eigenvalue weighted by molar-refractivity contribution is 5.51. The molecule has 0 unspecified atom stereocenters. The summed E-state index contributed by atoms with van der Waals surface area (Å²) in [4.78, 5) is 4.20. The fourth-order valence-electron chi connectivity index (χ4n) is 0.949. The molecule has 3 heteroatoms. The lowest BCUT2D eigenvalue weighted by Crippen LogP contribution is -2.02. The van der Waals surface area contributed by atoms with Crippen molar-refractivity contribution in [3.05, 3.63) is 23.4 Å². The van der Waals surface area contributed by atoms with Gasteiger partial charge in [-0.25, -0.2) is 4.98 Å². The molecule has 0 radical (unpaired) electrons. The van der Waals surface area contributed by atoms with E-state index >= 15 is 0 Å². The largest absolute Gasteiger partial charge is 0.369 e. The maximum Gasteiger partial charge on any atom is 0.144 e. The van der Waals surface area contributed by atoms with Crippen molar-refractivity contribution < 1.29 is 0 Å². The second-order valence-electron chi connectivity index (χ2n) is 2.49. The highest BCUT2D eigenvalue weighted by atomic mass is 15.0. The van der Waals surface area contributed by atoms with Gasteiger partial charge in [0, 0.05) is 12.2 Å². The number of nitrogens with one attached hydrogen (secondary N) is 1. The van der Waals surface area contributed by atoms with E-state index in [0.717, 1.165) is 12.2 Å². The van der Waals surface area contributed by atoms with Crippen LogP contribution in [0.25, 0.3) is 0 Å². The second kappa shape index (κ2) is 3.72. The van der Waals surface area contributed by atoms with Gasteiger partial charge in [0.1, 0.15) is 11.9 Å². The Bertz CT molecular complexity index is 312. The minimum atomic E-state index is 0.599. The molecule has 0 fully saturated rings. The molecule has 0 spiro atoms. The molecule has 0 aliphatic carbocycles. The summed E-state index contributed by atoms with van der Waals surface area (Å²) in [5.74, 6) is 0.681. The average molecular weight is 161 g/mol. The van der Waals surface area contributed by atoms with Crippen molar-refractivity contribution in [2.45, 2.75) is 13.8 Å². The number of pyridine rings is 1. The van der Waals surface area contributed by atoms with E-state index in [4.69, 9.17) is 5.26 Å². The normalized spacial score (nSPS) is 9.08. The van der Waals surface area contributed by atoms with Gasteiger partial charge in [-0.05, 0) is 26.0 Å². The summed E-state index contributed by atoms with van der Waals surface area (Å²) in [6.45, 7) is 4.66. The van der Waals surface area contributed by atoms with E-state index in [0.29, 0.717) is 11.4 Å². The van der Waals surface area contributed by atoms with Crippen LogP contribution in [0.1, 0.15) is 18.2 Å². The zero-order valence-electron chi connectivity index (χ0n) is 7.26. The molecule has 0 aliphatic rings. The van der Waals surface area contributed by atoms with Crippen LogP contribution in [0, 0.1) is 18.3 Å². The smallest absolute Gasteiger partial charge is 0.144 e. The van der Waals surface area contributed by atoms with Crippen LogP contribution in [-0.4, -0.2) is 11.5 Å². The molecule has 62 valence electrons. The van der Waals surface area contributed by atoms with E-state index in [1.165, 1.54) is 0 Å². The Morgan fingerprint density at radius 1 is 1.58 bits per heavy atom. The SMILES string of the molecule is CCNc1nc(C)ccc1C#N. The standard InChI is InChI=1S/C9H11N3/c1-3-11-9-8(6-10)5-4-7(2)12-9/h4-5H,3H2,1-2H3,(H,11,12). The Balaban J connectivity index is 3.06. The van der Waals surface area contributed by atoms with Gasteiger partial charge >= 0.3 is 0 Å². The van der Waals surface area contributed by atoms with Gasteiger partial charge in [0.25, 0.3) is 0 Å². The predicted octanol–water partition coefficient (Wildman–Crippen LogP) is 1.69. The minimum Gasteiger partial charge on any atom is -0.369 e. The van der Waals surface area contributed by atoms with Gasteiger partial charge in [0.15, 0.2) is 0 Å². The van der Waals surface area contributed by atoms with Crippen LogP contribution in [-0.2, 0) is 0 Å². The first-order chi connectivity index (χ1) is 5.77. The number of anilines is 1. The van der Waals surface area contributed by atoms with E-state index in [1.54, 1.807) is 6.07 Å². The molecule has 0 saturated heterocycles. The lowest BCUT2D eigenvalue weighted by Gasteiger charge is -2.04. The summed E-state index contributed by atoms with van der Waals surface area (Å²) < 4.78 is 0. The number of hydrogen-bond acceptors (Lipinski definition) is 3. The van der Waals surface area contributed by atoms with Crippen LogP contribution < -0.4 is 5.32 Å². The minimum absolute atomic E-state index is 0.599. The number of rotatable bonds is 2. The summed E-state index contributed by atoms with van der Waals surface area (Å²) in [5, 5.41) is 11.7. The van der Waals surface area contributed by atoms with Crippen molar-refractivity contribution in [2.75, 3.05) is 11.9 Å². The van der Waals surface area contributed by atoms with Crippen LogP contribution in [0.5, 0.6) is 0 Å². The number of aryl methyl sites for hydroxylation is 1. The highest BCUT2D eigenvalue weighted by Crippen LogP contribution is 2.11. The number of hydrogen-bond donors (Lipinski definition) is 1. The van der Waals surface area contributed by atoms with Crippen molar-refractivity contribution >= 4 is 5.82 Å². The summed E-state index contributed by atoms with van der Waals surface area (Å²) in [7, 11) is 0. The summed E-state index contributed by atoms with van der Waals surface area (Å²) in [6, 6.07) is 5.69. The quantitative estimate of drug-likeness (QED) is 0.718. The predicted molar refractivity (Wildman–Crippen MR) is 47.9 cm³/mol. The van der Waals surface area contributed by atoms with Crippen molar-refractivity contribution in [3.63, 3.8) is 0 Å². The summed E-state index contributed by atoms with van der Waals surface area (Å²) in [6.07, 6.45) is 0. The lowest BCUT2D eigenvalue weighted by molar-refractivity contribution is 1.12. The number of aromatic nitrogens is 1. The Hall–Kier alpha value is -1.56. The Labute approximate surface area is 72.1 Å². The van der Waals surface area contributed by atoms with Gasteiger partial charge < -0.3 is 5.32 Å². The highest BCUT2D eigenvalue weighted by Gasteiger charge is 2.00. The molecule has 1 N–H and O–H groups in total. The average Bonchev–Trinajstić information content (AvgIpc) is 2.05. The van der Waals surface area contributed by atoms with Gasteiger partial charge in [-0.15, -0.1) is 0 Å². The topological polar surface area (TPSA) is 48.7 Å². The van der Waals surface area contributed by atoms with Crippen molar-refractivity contribution in [2.24, 2.45) is 0 Å². The Morgan fingerprint density at radius 2 is 2.33 bits per heavy atom.